The largest absolute Gasteiger partial charge is 0.372 e. The zero-order valence-electron chi connectivity index (χ0n) is 15.6. The van der Waals surface area contributed by atoms with E-state index in [1.54, 1.807) is 6.07 Å². The van der Waals surface area contributed by atoms with E-state index in [-0.39, 0.29) is 11.8 Å². The number of nitrogens with zero attached hydrogens (tertiary/aromatic N) is 2. The number of nitrogens with two attached hydrogens (primary N) is 1. The van der Waals surface area contributed by atoms with E-state index < -0.39 is 29.7 Å². The normalized spacial score (nSPS) is 19.4. The minimum Gasteiger partial charge on any atom is -0.372 e. The average molecular weight is 386 g/mol. The second-order valence-corrected chi connectivity index (χ2v) is 6.71. The van der Waals surface area contributed by atoms with Gasteiger partial charge in [-0.1, -0.05) is 35.5 Å². The lowest BCUT2D eigenvalue weighted by atomic mass is 9.79. The molecule has 1 aromatic carbocycles. The Morgan fingerprint density at radius 1 is 1.29 bits per heavy atom. The SMILES string of the molecule is COC(C)C(=O)N(N)C(=O)C1CC(NC(=O)c2cc(-c3ccccc3)no2)C1. The molecule has 1 aliphatic rings. The average Bonchev–Trinajstić information content (AvgIpc) is 3.19. The first-order valence-electron chi connectivity index (χ1n) is 8.89. The molecule has 1 unspecified atom stereocenters. The first kappa shape index (κ1) is 19.7. The van der Waals surface area contributed by atoms with E-state index in [0.29, 0.717) is 23.5 Å². The van der Waals surface area contributed by atoms with Gasteiger partial charge in [-0.3, -0.25) is 14.4 Å². The summed E-state index contributed by atoms with van der Waals surface area (Å²) in [5.41, 5.74) is 1.41. The molecule has 28 heavy (non-hydrogen) atoms. The molecule has 3 amide bonds. The highest BCUT2D eigenvalue weighted by atomic mass is 16.5. The standard InChI is InChI=1S/C19H22N4O5/c1-11(27-2)18(25)23(20)19(26)13-8-14(9-13)21-17(24)16-10-15(22-28-16)12-6-4-3-5-7-12/h3-7,10-11,13-14H,8-9,20H2,1-2H3,(H,21,24). The molecule has 1 aliphatic carbocycles. The third-order valence-corrected chi connectivity index (χ3v) is 4.80. The molecule has 148 valence electrons. The Hall–Kier alpha value is -3.04. The van der Waals surface area contributed by atoms with Gasteiger partial charge in [-0.05, 0) is 19.8 Å². The number of nitrogens with one attached hydrogen (secondary N) is 1. The van der Waals surface area contributed by atoms with E-state index in [9.17, 15) is 14.4 Å². The van der Waals surface area contributed by atoms with E-state index in [2.05, 4.69) is 10.5 Å². The zero-order chi connectivity index (χ0) is 20.3. The van der Waals surface area contributed by atoms with E-state index in [1.807, 2.05) is 30.3 Å². The molecule has 9 heteroatoms. The number of hydrazine groups is 1. The van der Waals surface area contributed by atoms with Crippen molar-refractivity contribution in [3.8, 4) is 11.3 Å². The highest BCUT2D eigenvalue weighted by molar-refractivity contribution is 5.98. The van der Waals surface area contributed by atoms with Crippen molar-refractivity contribution in [2.24, 2.45) is 11.8 Å². The third-order valence-electron chi connectivity index (χ3n) is 4.80. The Kier molecular flexibility index (Phi) is 5.86. The number of rotatable bonds is 6. The summed E-state index contributed by atoms with van der Waals surface area (Å²) in [5, 5.41) is 7.29. The van der Waals surface area contributed by atoms with Gasteiger partial charge in [0, 0.05) is 30.7 Å². The van der Waals surface area contributed by atoms with Gasteiger partial charge in [-0.25, -0.2) is 10.9 Å². The van der Waals surface area contributed by atoms with Gasteiger partial charge in [0.15, 0.2) is 0 Å². The van der Waals surface area contributed by atoms with Crippen LogP contribution in [0.25, 0.3) is 11.3 Å². The van der Waals surface area contributed by atoms with Crippen molar-refractivity contribution in [3.05, 3.63) is 42.2 Å². The van der Waals surface area contributed by atoms with E-state index >= 15 is 0 Å². The molecular weight excluding hydrogens is 364 g/mol. The maximum atomic E-state index is 12.3. The molecule has 1 saturated carbocycles. The van der Waals surface area contributed by atoms with Crippen LogP contribution in [-0.2, 0) is 14.3 Å². The predicted octanol–water partition coefficient (Wildman–Crippen LogP) is 1.11. The highest BCUT2D eigenvalue weighted by Gasteiger charge is 2.39. The Bertz CT molecular complexity index is 860. The number of ether oxygens (including phenoxy) is 1. The van der Waals surface area contributed by atoms with Gasteiger partial charge in [-0.2, -0.15) is 0 Å². The van der Waals surface area contributed by atoms with Crippen LogP contribution in [0.15, 0.2) is 40.9 Å². The van der Waals surface area contributed by atoms with Gasteiger partial charge < -0.3 is 14.6 Å². The Balaban J connectivity index is 1.51. The summed E-state index contributed by atoms with van der Waals surface area (Å²) < 4.78 is 9.99. The molecule has 1 fully saturated rings. The fraction of sp³-hybridized carbons (Fsp3) is 0.368. The summed E-state index contributed by atoms with van der Waals surface area (Å²) in [7, 11) is 1.36. The fourth-order valence-electron chi connectivity index (χ4n) is 2.92. The number of aromatic nitrogens is 1. The van der Waals surface area contributed by atoms with Crippen LogP contribution < -0.4 is 11.2 Å². The molecule has 0 radical (unpaired) electrons. The molecule has 2 aromatic rings. The first-order valence-corrected chi connectivity index (χ1v) is 8.89. The number of carbonyl (C=O) groups is 3. The van der Waals surface area contributed by atoms with Gasteiger partial charge in [0.25, 0.3) is 11.8 Å². The molecule has 1 atom stereocenters. The number of amides is 3. The molecule has 0 spiro atoms. The van der Waals surface area contributed by atoms with Crippen molar-refractivity contribution in [2.45, 2.75) is 31.9 Å². The number of imide groups is 1. The van der Waals surface area contributed by atoms with Crippen molar-refractivity contribution in [2.75, 3.05) is 7.11 Å². The van der Waals surface area contributed by atoms with Gasteiger partial charge in [0.1, 0.15) is 11.8 Å². The Morgan fingerprint density at radius 3 is 2.61 bits per heavy atom. The molecule has 9 nitrogen and oxygen atoms in total. The summed E-state index contributed by atoms with van der Waals surface area (Å²) in [6.07, 6.45) is -0.00563. The Morgan fingerprint density at radius 2 is 1.96 bits per heavy atom. The van der Waals surface area contributed by atoms with Gasteiger partial charge in [-0.15, -0.1) is 0 Å². The molecular formula is C19H22N4O5. The van der Waals surface area contributed by atoms with Crippen LogP contribution in [-0.4, -0.2) is 47.1 Å². The van der Waals surface area contributed by atoms with E-state index in [1.165, 1.54) is 14.0 Å². The van der Waals surface area contributed by atoms with Crippen molar-refractivity contribution in [3.63, 3.8) is 0 Å². The van der Waals surface area contributed by atoms with Crippen molar-refractivity contribution < 1.29 is 23.6 Å². The molecule has 0 bridgehead atoms. The fourth-order valence-corrected chi connectivity index (χ4v) is 2.92. The summed E-state index contributed by atoms with van der Waals surface area (Å²) >= 11 is 0. The summed E-state index contributed by atoms with van der Waals surface area (Å²) in [4.78, 5) is 36.4. The molecule has 0 aliphatic heterocycles. The number of carbonyl (C=O) groups excluding carboxylic acids is 3. The zero-order valence-corrected chi connectivity index (χ0v) is 15.6. The minimum absolute atomic E-state index is 0.0955. The topological polar surface area (TPSA) is 128 Å². The van der Waals surface area contributed by atoms with Gasteiger partial charge in [0.05, 0.1) is 0 Å². The molecule has 1 heterocycles. The quantitative estimate of drug-likeness (QED) is 0.432. The first-order chi connectivity index (χ1) is 13.4. The van der Waals surface area contributed by atoms with Gasteiger partial charge in [0.2, 0.25) is 11.7 Å². The third kappa shape index (κ3) is 4.10. The highest BCUT2D eigenvalue weighted by Crippen LogP contribution is 2.29. The van der Waals surface area contributed by atoms with Crippen LogP contribution in [0, 0.1) is 5.92 Å². The lowest BCUT2D eigenvalue weighted by molar-refractivity contribution is -0.155. The van der Waals surface area contributed by atoms with Crippen LogP contribution >= 0.6 is 0 Å². The van der Waals surface area contributed by atoms with Crippen molar-refractivity contribution in [1.29, 1.82) is 0 Å². The number of benzene rings is 1. The molecule has 0 saturated heterocycles. The minimum atomic E-state index is -0.796. The van der Waals surface area contributed by atoms with Crippen LogP contribution in [0.3, 0.4) is 0 Å². The molecule has 1 aromatic heterocycles. The monoisotopic (exact) mass is 386 g/mol. The number of hydrogen-bond acceptors (Lipinski definition) is 7. The lowest BCUT2D eigenvalue weighted by Gasteiger charge is -2.36. The molecule has 3 N–H and O–H groups in total. The van der Waals surface area contributed by atoms with Gasteiger partial charge >= 0.3 is 0 Å². The van der Waals surface area contributed by atoms with Crippen LogP contribution in [0.1, 0.15) is 30.3 Å². The number of methoxy groups -OCH3 is 1. The van der Waals surface area contributed by atoms with Crippen LogP contribution in [0.5, 0.6) is 0 Å². The van der Waals surface area contributed by atoms with Crippen molar-refractivity contribution in [1.82, 2.24) is 15.5 Å². The smallest absolute Gasteiger partial charge is 0.290 e. The number of hydrogen-bond donors (Lipinski definition) is 2. The Labute approximate surface area is 161 Å². The van der Waals surface area contributed by atoms with E-state index in [0.717, 1.165) is 5.56 Å². The van der Waals surface area contributed by atoms with Crippen molar-refractivity contribution >= 4 is 17.7 Å². The van der Waals surface area contributed by atoms with E-state index in [4.69, 9.17) is 15.1 Å². The predicted molar refractivity (Wildman–Crippen MR) is 98.4 cm³/mol. The van der Waals surface area contributed by atoms with Crippen LogP contribution in [0.4, 0.5) is 0 Å². The molecule has 3 rings (SSSR count). The lowest BCUT2D eigenvalue weighted by Crippen LogP contribution is -2.55. The maximum absolute atomic E-state index is 12.3. The second kappa shape index (κ2) is 8.32. The summed E-state index contributed by atoms with van der Waals surface area (Å²) in [6, 6.07) is 10.7. The maximum Gasteiger partial charge on any atom is 0.290 e. The van der Waals surface area contributed by atoms with Crippen LogP contribution in [0.2, 0.25) is 0 Å². The summed E-state index contributed by atoms with van der Waals surface area (Å²) in [6.45, 7) is 1.51. The second-order valence-electron chi connectivity index (χ2n) is 6.71. The summed E-state index contributed by atoms with van der Waals surface area (Å²) in [5.74, 6) is 3.78.